The summed E-state index contributed by atoms with van der Waals surface area (Å²) in [6.07, 6.45) is 5.56. The molecular weight excluding hydrogens is 853 g/mol. The van der Waals surface area contributed by atoms with Crippen LogP contribution < -0.4 is 0 Å². The quantitative estimate of drug-likeness (QED) is 0.153. The maximum Gasteiger partial charge on any atom is 0.509 e. The number of fused-ring (bicyclic) bond motifs is 6. The fourth-order valence-electron chi connectivity index (χ4n) is 15.8. The normalized spacial score (nSPS) is 47.3. The molecule has 0 aromatic heterocycles. The third kappa shape index (κ3) is 6.05. The van der Waals surface area contributed by atoms with Crippen LogP contribution in [0.3, 0.4) is 0 Å². The van der Waals surface area contributed by atoms with Gasteiger partial charge in [-0.3, -0.25) is 9.59 Å². The minimum absolute atomic E-state index is 0.0170. The van der Waals surface area contributed by atoms with Crippen molar-refractivity contribution in [2.24, 2.45) is 74.9 Å². The van der Waals surface area contributed by atoms with Crippen LogP contribution in [0.5, 0.6) is 0 Å². The van der Waals surface area contributed by atoms with Crippen molar-refractivity contribution in [1.82, 2.24) is 0 Å². The van der Waals surface area contributed by atoms with E-state index in [0.717, 1.165) is 36.8 Å². The van der Waals surface area contributed by atoms with Gasteiger partial charge in [-0.15, -0.1) is 0 Å². The van der Waals surface area contributed by atoms with E-state index in [4.69, 9.17) is 27.8 Å². The molecule has 8 fully saturated rings. The van der Waals surface area contributed by atoms with Crippen molar-refractivity contribution in [2.45, 2.75) is 208 Å². The highest BCUT2D eigenvalue weighted by atomic mass is 28.4. The average molecular weight is 935 g/mol. The zero-order valence-electron chi connectivity index (χ0n) is 43.3. The Morgan fingerprint density at radius 1 is 0.631 bits per heavy atom. The van der Waals surface area contributed by atoms with Crippen molar-refractivity contribution < 1.29 is 47.0 Å². The van der Waals surface area contributed by atoms with Gasteiger partial charge >= 0.3 is 12.3 Å². The number of hydrogen-bond donors (Lipinski definition) is 0. The summed E-state index contributed by atoms with van der Waals surface area (Å²) in [4.78, 5) is 54.8. The number of Topliss-reactive ketones (excluding diaryl/α,β-unsaturated/α-hetero) is 2. The molecule has 4 bridgehead atoms. The summed E-state index contributed by atoms with van der Waals surface area (Å²) >= 11 is 0. The summed E-state index contributed by atoms with van der Waals surface area (Å²) in [5.74, 6) is 1.42. The largest absolute Gasteiger partial charge is 0.509 e. The first-order chi connectivity index (χ1) is 29.6. The molecule has 0 N–H and O–H groups in total. The van der Waals surface area contributed by atoms with Crippen LogP contribution in [0, 0.1) is 74.9 Å². The molecule has 0 radical (unpaired) electrons. The van der Waals surface area contributed by atoms with Crippen molar-refractivity contribution in [3.8, 4) is 0 Å². The van der Waals surface area contributed by atoms with Crippen LogP contribution in [0.4, 0.5) is 9.59 Å². The van der Waals surface area contributed by atoms with E-state index in [-0.39, 0.29) is 74.3 Å². The third-order valence-electron chi connectivity index (χ3n) is 21.5. The van der Waals surface area contributed by atoms with Gasteiger partial charge in [0.05, 0.1) is 23.0 Å². The average Bonchev–Trinajstić information content (AvgIpc) is 3.60. The number of hydrogen-bond acceptors (Lipinski definition) is 10. The molecule has 10 rings (SSSR count). The van der Waals surface area contributed by atoms with Crippen molar-refractivity contribution >= 4 is 40.5 Å². The Balaban J connectivity index is 0.000000164. The van der Waals surface area contributed by atoms with Crippen molar-refractivity contribution in [2.75, 3.05) is 0 Å². The van der Waals surface area contributed by atoms with Crippen molar-refractivity contribution in [3.63, 3.8) is 0 Å². The van der Waals surface area contributed by atoms with Crippen molar-refractivity contribution in [3.05, 3.63) is 23.3 Å². The minimum Gasteiger partial charge on any atom is -0.426 e. The van der Waals surface area contributed by atoms with Gasteiger partial charge in [0.2, 0.25) is 0 Å². The molecule has 12 heteroatoms. The number of carbonyl (C=O) groups excluding carboxylic acids is 4. The molecular formula is C53H82O10Si2. The van der Waals surface area contributed by atoms with Gasteiger partial charge in [-0.2, -0.15) is 0 Å². The van der Waals surface area contributed by atoms with E-state index < -0.39 is 63.2 Å². The minimum atomic E-state index is -2.20. The Morgan fingerprint density at radius 3 is 1.55 bits per heavy atom. The Kier molecular flexibility index (Phi) is 10.2. The molecule has 0 aromatic rings. The second-order valence-corrected chi connectivity index (χ2v) is 36.9. The van der Waals surface area contributed by atoms with Crippen LogP contribution in [-0.4, -0.2) is 76.1 Å². The van der Waals surface area contributed by atoms with Crippen LogP contribution >= 0.6 is 0 Å². The first-order valence-corrected chi connectivity index (χ1v) is 31.0. The summed E-state index contributed by atoms with van der Waals surface area (Å²) in [5, 5.41) is 0.0407. The summed E-state index contributed by atoms with van der Waals surface area (Å²) in [5.41, 5.74) is -0.960. The van der Waals surface area contributed by atoms with Crippen LogP contribution in [0.1, 0.15) is 136 Å². The Labute approximate surface area is 392 Å². The van der Waals surface area contributed by atoms with Gasteiger partial charge in [0.25, 0.3) is 0 Å². The molecule has 17 atom stereocenters. The van der Waals surface area contributed by atoms with Gasteiger partial charge < -0.3 is 27.8 Å². The molecule has 8 aliphatic carbocycles. The number of carbonyl (C=O) groups is 4. The number of rotatable bonds is 4. The maximum atomic E-state index is 14.8. The van der Waals surface area contributed by atoms with E-state index in [1.165, 1.54) is 0 Å². The highest BCUT2D eigenvalue weighted by Gasteiger charge is 2.81. The van der Waals surface area contributed by atoms with E-state index in [1.54, 1.807) is 0 Å². The smallest absolute Gasteiger partial charge is 0.426 e. The van der Waals surface area contributed by atoms with Crippen LogP contribution in [0.25, 0.3) is 0 Å². The van der Waals surface area contributed by atoms with E-state index in [2.05, 4.69) is 142 Å². The standard InChI is InChI=1S/C27H42O5Si.C26H40O5Si/c1-14-13-26-12-11-17-19(25(17,7)8)18(21(26)28)20(32-33(9,10)24(4,5)6)15(2)22-27(26,16(14)3)31-23(29)30-22;1-14-12-25-11-10-16-18(24(16,6)7)17(20(25)27)19(31-32(8,9)23(3,4)5)15(2)21-26(25,13-14)30-22(28)29-21/h13,15-20,22H,11-12H2,1-10H3;12,15-19,21H,10-11,13H2,1-9H3/t15-,16-,17+,18+,19+,20+,22+,26+,27+;15-,16+,17+,18+,19+,21+,25+,26+/m00/s1. The summed E-state index contributed by atoms with van der Waals surface area (Å²) in [6.45, 7) is 42.3. The van der Waals surface area contributed by atoms with E-state index in [9.17, 15) is 19.2 Å². The van der Waals surface area contributed by atoms with Gasteiger partial charge in [0.15, 0.2) is 51.6 Å². The zero-order chi connectivity index (χ0) is 48.2. The van der Waals surface area contributed by atoms with Crippen LogP contribution in [0.2, 0.25) is 36.3 Å². The molecule has 4 spiro atoms. The van der Waals surface area contributed by atoms with E-state index >= 15 is 0 Å². The second-order valence-electron chi connectivity index (χ2n) is 27.4. The molecule has 65 heavy (non-hydrogen) atoms. The lowest BCUT2D eigenvalue weighted by atomic mass is 9.62. The lowest BCUT2D eigenvalue weighted by molar-refractivity contribution is -0.148. The summed E-state index contributed by atoms with van der Waals surface area (Å²) in [7, 11) is -4.38. The lowest BCUT2D eigenvalue weighted by Gasteiger charge is -2.45. The van der Waals surface area contributed by atoms with E-state index in [1.807, 2.05) is 0 Å². The highest BCUT2D eigenvalue weighted by molar-refractivity contribution is 6.74. The van der Waals surface area contributed by atoms with Gasteiger partial charge in [-0.25, -0.2) is 9.59 Å². The monoisotopic (exact) mass is 935 g/mol. The maximum absolute atomic E-state index is 14.8. The topological polar surface area (TPSA) is 124 Å². The Morgan fingerprint density at radius 2 is 1.06 bits per heavy atom. The predicted octanol–water partition coefficient (Wildman–Crippen LogP) is 12.0. The molecule has 10 nitrogen and oxygen atoms in total. The van der Waals surface area contributed by atoms with Gasteiger partial charge in [-0.05, 0) is 110 Å². The molecule has 362 valence electrons. The molecule has 0 aromatic carbocycles. The molecule has 2 saturated heterocycles. The van der Waals surface area contributed by atoms with Gasteiger partial charge in [-0.1, -0.05) is 113 Å². The van der Waals surface area contributed by atoms with Gasteiger partial charge in [0.1, 0.15) is 0 Å². The number of ketones is 2. The predicted molar refractivity (Wildman–Crippen MR) is 254 cm³/mol. The molecule has 2 heterocycles. The Hall–Kier alpha value is -2.29. The second kappa shape index (κ2) is 13.9. The van der Waals surface area contributed by atoms with E-state index in [0.29, 0.717) is 30.1 Å². The molecule has 6 saturated carbocycles. The summed E-state index contributed by atoms with van der Waals surface area (Å²) in [6, 6.07) is 0. The highest BCUT2D eigenvalue weighted by Crippen LogP contribution is 2.75. The zero-order valence-corrected chi connectivity index (χ0v) is 45.3. The lowest BCUT2D eigenvalue weighted by Crippen LogP contribution is -2.59. The molecule has 0 unspecified atom stereocenters. The van der Waals surface area contributed by atoms with Crippen LogP contribution in [-0.2, 0) is 37.4 Å². The first kappa shape index (κ1) is 47.8. The van der Waals surface area contributed by atoms with Crippen LogP contribution in [0.15, 0.2) is 23.3 Å². The molecule has 2 aliphatic heterocycles. The fourth-order valence-corrected chi connectivity index (χ4v) is 18.6. The third-order valence-corrected chi connectivity index (χ3v) is 30.5. The Bertz CT molecular complexity index is 2160. The fraction of sp³-hybridized carbons (Fsp3) is 0.849. The van der Waals surface area contributed by atoms with Gasteiger partial charge in [0, 0.05) is 36.0 Å². The molecule has 10 aliphatic rings. The SMILES string of the molecule is CC1=C[C@]23CC[C@@H]4[C@H]([C@@H](C2=O)[C@H](O[Si](C)(C)C(C)(C)C)[C@H](C)[C@H]2OC(=O)O[C@]23C1)C4(C)C.CC1=C[C@]23CC[C@@H]4[C@H]([C@@H](C2=O)[C@H](O[Si](C)(C)C(C)(C)C)[C@H](C)[C@H]2OC(=O)O[C@]23[C@H]1C)C4(C)C. The number of ether oxygens (including phenoxy) is 4. The van der Waals surface area contributed by atoms with Crippen molar-refractivity contribution in [1.29, 1.82) is 0 Å². The molecule has 0 amide bonds. The summed E-state index contributed by atoms with van der Waals surface area (Å²) < 4.78 is 38.4. The first-order valence-electron chi connectivity index (χ1n) is 25.2.